The van der Waals surface area contributed by atoms with Crippen molar-refractivity contribution in [2.75, 3.05) is 13.7 Å². The molecular formula is C13H19NO4S. The number of rotatable bonds is 5. The van der Waals surface area contributed by atoms with Crippen molar-refractivity contribution in [1.82, 2.24) is 5.32 Å². The van der Waals surface area contributed by atoms with E-state index >= 15 is 0 Å². The van der Waals surface area contributed by atoms with Gasteiger partial charge < -0.3 is 9.47 Å². The lowest BCUT2D eigenvalue weighted by Crippen LogP contribution is -2.36. The number of ether oxygens (including phenoxy) is 2. The molecule has 1 heterocycles. The lowest BCUT2D eigenvalue weighted by atomic mass is 10.2. The number of hydrogen-bond acceptors (Lipinski definition) is 6. The van der Waals surface area contributed by atoms with Crippen molar-refractivity contribution >= 4 is 23.3 Å². The summed E-state index contributed by atoms with van der Waals surface area (Å²) in [6, 6.07) is 3.01. The lowest BCUT2D eigenvalue weighted by Gasteiger charge is -2.21. The molecule has 0 aromatic carbocycles. The standard InChI is InChI=1S/C13H19NO4S/c1-13(2,3)18-10(15)8-14-11(12(16)17-4)9-6-5-7-19-9/h5-7,11,14H,8H2,1-4H3. The molecule has 0 aliphatic rings. The van der Waals surface area contributed by atoms with E-state index < -0.39 is 23.6 Å². The molecule has 0 saturated heterocycles. The molecule has 1 unspecified atom stereocenters. The molecule has 19 heavy (non-hydrogen) atoms. The van der Waals surface area contributed by atoms with Gasteiger partial charge in [0.15, 0.2) is 0 Å². The van der Waals surface area contributed by atoms with Gasteiger partial charge in [-0.3, -0.25) is 10.1 Å². The van der Waals surface area contributed by atoms with Crippen LogP contribution in [-0.4, -0.2) is 31.2 Å². The molecule has 106 valence electrons. The van der Waals surface area contributed by atoms with Gasteiger partial charge in [-0.15, -0.1) is 11.3 Å². The fourth-order valence-electron chi connectivity index (χ4n) is 1.44. The molecule has 1 aromatic rings. The minimum absolute atomic E-state index is 0.0467. The highest BCUT2D eigenvalue weighted by Gasteiger charge is 2.24. The van der Waals surface area contributed by atoms with Crippen LogP contribution in [0.25, 0.3) is 0 Å². The van der Waals surface area contributed by atoms with Crippen molar-refractivity contribution in [2.45, 2.75) is 32.4 Å². The molecule has 0 amide bonds. The topological polar surface area (TPSA) is 64.6 Å². The molecule has 0 fully saturated rings. The van der Waals surface area contributed by atoms with Crippen molar-refractivity contribution in [3.8, 4) is 0 Å². The van der Waals surface area contributed by atoms with E-state index in [1.807, 2.05) is 17.5 Å². The van der Waals surface area contributed by atoms with Gasteiger partial charge in [-0.25, -0.2) is 4.79 Å². The fourth-order valence-corrected chi connectivity index (χ4v) is 2.22. The van der Waals surface area contributed by atoms with Crippen LogP contribution in [-0.2, 0) is 19.1 Å². The van der Waals surface area contributed by atoms with Crippen molar-refractivity contribution in [1.29, 1.82) is 0 Å². The molecule has 0 bridgehead atoms. The van der Waals surface area contributed by atoms with Gasteiger partial charge in [0.25, 0.3) is 0 Å². The molecule has 0 spiro atoms. The van der Waals surface area contributed by atoms with E-state index in [-0.39, 0.29) is 6.54 Å². The van der Waals surface area contributed by atoms with Gasteiger partial charge >= 0.3 is 11.9 Å². The van der Waals surface area contributed by atoms with Crippen LogP contribution in [0.1, 0.15) is 31.7 Å². The van der Waals surface area contributed by atoms with Gasteiger partial charge in [0.1, 0.15) is 11.6 Å². The van der Waals surface area contributed by atoms with Crippen LogP contribution in [0, 0.1) is 0 Å². The van der Waals surface area contributed by atoms with Gasteiger partial charge in [0.05, 0.1) is 13.7 Å². The first-order valence-electron chi connectivity index (χ1n) is 5.90. The maximum absolute atomic E-state index is 11.7. The van der Waals surface area contributed by atoms with Gasteiger partial charge in [0, 0.05) is 4.88 Å². The Morgan fingerprint density at radius 2 is 2.11 bits per heavy atom. The summed E-state index contributed by atoms with van der Waals surface area (Å²) < 4.78 is 9.89. The molecule has 1 atom stereocenters. The second kappa shape index (κ2) is 6.68. The monoisotopic (exact) mass is 285 g/mol. The Morgan fingerprint density at radius 3 is 2.58 bits per heavy atom. The van der Waals surface area contributed by atoms with Crippen LogP contribution >= 0.6 is 11.3 Å². The third-order valence-electron chi connectivity index (χ3n) is 2.14. The quantitative estimate of drug-likeness (QED) is 0.837. The van der Waals surface area contributed by atoms with E-state index in [0.29, 0.717) is 0 Å². The average molecular weight is 285 g/mol. The van der Waals surface area contributed by atoms with Crippen molar-refractivity contribution in [3.05, 3.63) is 22.4 Å². The van der Waals surface area contributed by atoms with Crippen LogP contribution in [0.5, 0.6) is 0 Å². The second-order valence-corrected chi connectivity index (χ2v) is 5.92. The molecule has 1 rings (SSSR count). The molecule has 0 aliphatic carbocycles. The fraction of sp³-hybridized carbons (Fsp3) is 0.538. The Balaban J connectivity index is 2.60. The summed E-state index contributed by atoms with van der Waals surface area (Å²) in [7, 11) is 1.32. The first kappa shape index (κ1) is 15.7. The Hall–Kier alpha value is -1.40. The van der Waals surface area contributed by atoms with E-state index in [4.69, 9.17) is 9.47 Å². The zero-order valence-electron chi connectivity index (χ0n) is 11.6. The maximum atomic E-state index is 11.7. The highest BCUT2D eigenvalue weighted by atomic mass is 32.1. The molecule has 6 heteroatoms. The van der Waals surface area contributed by atoms with Crippen LogP contribution in [0.3, 0.4) is 0 Å². The van der Waals surface area contributed by atoms with Gasteiger partial charge in [-0.1, -0.05) is 6.07 Å². The molecule has 1 aromatic heterocycles. The second-order valence-electron chi connectivity index (χ2n) is 4.94. The third-order valence-corrected chi connectivity index (χ3v) is 3.07. The van der Waals surface area contributed by atoms with Crippen molar-refractivity contribution in [2.24, 2.45) is 0 Å². The molecule has 5 nitrogen and oxygen atoms in total. The highest BCUT2D eigenvalue weighted by Crippen LogP contribution is 2.20. The average Bonchev–Trinajstić information content (AvgIpc) is 2.80. The lowest BCUT2D eigenvalue weighted by molar-refractivity contribution is -0.154. The Kier molecular flexibility index (Phi) is 5.50. The number of carbonyl (C=O) groups is 2. The first-order chi connectivity index (χ1) is 8.83. The van der Waals surface area contributed by atoms with Gasteiger partial charge in [-0.05, 0) is 32.2 Å². The zero-order chi connectivity index (χ0) is 14.5. The molecule has 0 aliphatic heterocycles. The summed E-state index contributed by atoms with van der Waals surface area (Å²) in [5, 5.41) is 4.72. The highest BCUT2D eigenvalue weighted by molar-refractivity contribution is 7.10. The summed E-state index contributed by atoms with van der Waals surface area (Å²) in [5.41, 5.74) is -0.539. The number of nitrogens with one attached hydrogen (secondary N) is 1. The van der Waals surface area contributed by atoms with Gasteiger partial charge in [0.2, 0.25) is 0 Å². The SMILES string of the molecule is COC(=O)C(NCC(=O)OC(C)(C)C)c1cccs1. The summed E-state index contributed by atoms with van der Waals surface area (Å²) in [6.07, 6.45) is 0. The van der Waals surface area contributed by atoms with Crippen molar-refractivity contribution in [3.63, 3.8) is 0 Å². The summed E-state index contributed by atoms with van der Waals surface area (Å²) >= 11 is 1.42. The Bertz CT molecular complexity index is 422. The number of hydrogen-bond donors (Lipinski definition) is 1. The normalized spacial score (nSPS) is 12.8. The van der Waals surface area contributed by atoms with E-state index in [0.717, 1.165) is 4.88 Å². The number of esters is 2. The van der Waals surface area contributed by atoms with E-state index in [2.05, 4.69) is 5.32 Å². The van der Waals surface area contributed by atoms with E-state index in [1.165, 1.54) is 18.4 Å². The molecule has 0 radical (unpaired) electrons. The molecule has 0 saturated carbocycles. The first-order valence-corrected chi connectivity index (χ1v) is 6.78. The van der Waals surface area contributed by atoms with Crippen LogP contribution in [0.2, 0.25) is 0 Å². The van der Waals surface area contributed by atoms with Crippen LogP contribution in [0.15, 0.2) is 17.5 Å². The van der Waals surface area contributed by atoms with Gasteiger partial charge in [-0.2, -0.15) is 0 Å². The smallest absolute Gasteiger partial charge is 0.328 e. The Morgan fingerprint density at radius 1 is 1.42 bits per heavy atom. The largest absolute Gasteiger partial charge is 0.468 e. The van der Waals surface area contributed by atoms with Crippen LogP contribution < -0.4 is 5.32 Å². The molecule has 1 N–H and O–H groups in total. The third kappa shape index (κ3) is 5.40. The number of carbonyl (C=O) groups excluding carboxylic acids is 2. The van der Waals surface area contributed by atoms with E-state index in [1.54, 1.807) is 20.8 Å². The summed E-state index contributed by atoms with van der Waals surface area (Å²) in [4.78, 5) is 24.1. The van der Waals surface area contributed by atoms with Crippen molar-refractivity contribution < 1.29 is 19.1 Å². The van der Waals surface area contributed by atoms with Crippen LogP contribution in [0.4, 0.5) is 0 Å². The molecular weight excluding hydrogens is 266 g/mol. The van der Waals surface area contributed by atoms with E-state index in [9.17, 15) is 9.59 Å². The predicted octanol–water partition coefficient (Wildman–Crippen LogP) is 1.89. The predicted molar refractivity (Wildman–Crippen MR) is 72.9 cm³/mol. The minimum Gasteiger partial charge on any atom is -0.468 e. The summed E-state index contributed by atoms with van der Waals surface area (Å²) in [5.74, 6) is -0.830. The number of thiophene rings is 1. The summed E-state index contributed by atoms with van der Waals surface area (Å²) in [6.45, 7) is 5.33. The maximum Gasteiger partial charge on any atom is 0.328 e. The zero-order valence-corrected chi connectivity index (χ0v) is 12.4. The Labute approximate surface area is 116 Å². The number of methoxy groups -OCH3 is 1. The minimum atomic E-state index is -0.641.